The molecular formula is C19H23F3N2O2. The van der Waals surface area contributed by atoms with Crippen LogP contribution in [0.15, 0.2) is 36.4 Å². The van der Waals surface area contributed by atoms with Gasteiger partial charge < -0.3 is 15.0 Å². The third-order valence-corrected chi connectivity index (χ3v) is 3.80. The minimum Gasteiger partial charge on any atom is -0.497 e. The molecule has 0 bridgehead atoms. The summed E-state index contributed by atoms with van der Waals surface area (Å²) >= 11 is 0. The highest BCUT2D eigenvalue weighted by Gasteiger charge is 2.33. The van der Waals surface area contributed by atoms with Crippen molar-refractivity contribution in [3.63, 3.8) is 0 Å². The zero-order chi connectivity index (χ0) is 19.3. The molecule has 7 heteroatoms. The van der Waals surface area contributed by atoms with Crippen molar-refractivity contribution in [2.75, 3.05) is 20.2 Å². The number of fused-ring (bicyclic) bond motifs is 1. The molecule has 0 radical (unpaired) electrons. The smallest absolute Gasteiger partial charge is 0.406 e. The van der Waals surface area contributed by atoms with Crippen LogP contribution in [0, 0.1) is 5.92 Å². The summed E-state index contributed by atoms with van der Waals surface area (Å²) in [4.78, 5) is 13.0. The van der Waals surface area contributed by atoms with E-state index in [9.17, 15) is 18.0 Å². The lowest BCUT2D eigenvalue weighted by atomic mass is 10.1. The third-order valence-electron chi connectivity index (χ3n) is 3.80. The number of ether oxygens (including phenoxy) is 1. The van der Waals surface area contributed by atoms with E-state index in [1.54, 1.807) is 21.0 Å². The third kappa shape index (κ3) is 5.82. The van der Waals surface area contributed by atoms with Crippen molar-refractivity contribution in [3.8, 4) is 5.75 Å². The Bertz CT molecular complexity index is 760. The van der Waals surface area contributed by atoms with Gasteiger partial charge in [-0.25, -0.2) is 4.79 Å². The minimum absolute atomic E-state index is 0.0445. The van der Waals surface area contributed by atoms with Gasteiger partial charge in [0.05, 0.1) is 7.11 Å². The van der Waals surface area contributed by atoms with Crippen LogP contribution in [0.3, 0.4) is 0 Å². The minimum atomic E-state index is -4.42. The number of urea groups is 1. The zero-order valence-corrected chi connectivity index (χ0v) is 15.1. The molecule has 0 aliphatic carbocycles. The highest BCUT2D eigenvalue weighted by Crippen LogP contribution is 2.22. The molecule has 0 heterocycles. The Morgan fingerprint density at radius 1 is 1.15 bits per heavy atom. The van der Waals surface area contributed by atoms with E-state index < -0.39 is 18.8 Å². The van der Waals surface area contributed by atoms with Crippen LogP contribution in [0.4, 0.5) is 18.0 Å². The lowest BCUT2D eigenvalue weighted by Crippen LogP contribution is -2.46. The highest BCUT2D eigenvalue weighted by molar-refractivity contribution is 5.84. The van der Waals surface area contributed by atoms with E-state index in [1.165, 1.54) is 0 Å². The first-order valence-corrected chi connectivity index (χ1v) is 8.34. The predicted octanol–water partition coefficient (Wildman–Crippen LogP) is 4.58. The van der Waals surface area contributed by atoms with Crippen molar-refractivity contribution in [2.24, 2.45) is 5.92 Å². The van der Waals surface area contributed by atoms with E-state index in [0.29, 0.717) is 0 Å². The van der Waals surface area contributed by atoms with Gasteiger partial charge in [-0.1, -0.05) is 32.0 Å². The van der Waals surface area contributed by atoms with Crippen LogP contribution in [0.25, 0.3) is 10.8 Å². The molecule has 2 aromatic rings. The summed E-state index contributed by atoms with van der Waals surface area (Å²) in [5.74, 6) is 0.689. The number of nitrogens with one attached hydrogen (secondary N) is 1. The van der Waals surface area contributed by atoms with Crippen LogP contribution >= 0.6 is 0 Å². The SMILES string of the molecule is COc1ccc2cc(CNC(=O)N(CC(C)C)CC(F)(F)F)ccc2c1. The van der Waals surface area contributed by atoms with E-state index in [1.807, 2.05) is 36.4 Å². The van der Waals surface area contributed by atoms with Crippen molar-refractivity contribution >= 4 is 16.8 Å². The largest absolute Gasteiger partial charge is 0.497 e. The molecule has 2 amide bonds. The van der Waals surface area contributed by atoms with Gasteiger partial charge in [-0.05, 0) is 40.5 Å². The van der Waals surface area contributed by atoms with Crippen LogP contribution < -0.4 is 10.1 Å². The second-order valence-corrected chi connectivity index (χ2v) is 6.60. The average molecular weight is 368 g/mol. The molecule has 0 spiro atoms. The van der Waals surface area contributed by atoms with E-state index in [0.717, 1.165) is 27.0 Å². The highest BCUT2D eigenvalue weighted by atomic mass is 19.4. The first-order valence-electron chi connectivity index (χ1n) is 8.34. The molecule has 0 aliphatic rings. The second kappa shape index (κ2) is 8.29. The number of carbonyl (C=O) groups excluding carboxylic acids is 1. The van der Waals surface area contributed by atoms with Gasteiger partial charge in [0.2, 0.25) is 0 Å². The van der Waals surface area contributed by atoms with Gasteiger partial charge in [0.1, 0.15) is 12.3 Å². The first kappa shape index (κ1) is 19.9. The Balaban J connectivity index is 2.05. The maximum absolute atomic E-state index is 12.7. The Kier molecular flexibility index (Phi) is 6.34. The molecule has 0 atom stereocenters. The van der Waals surface area contributed by atoms with E-state index in [2.05, 4.69) is 5.32 Å². The summed E-state index contributed by atoms with van der Waals surface area (Å²) in [6.07, 6.45) is -4.42. The van der Waals surface area contributed by atoms with Gasteiger partial charge in [-0.3, -0.25) is 0 Å². The van der Waals surface area contributed by atoms with Gasteiger partial charge >= 0.3 is 12.2 Å². The van der Waals surface area contributed by atoms with E-state index in [4.69, 9.17) is 4.74 Å². The molecule has 0 unspecified atom stereocenters. The number of alkyl halides is 3. The molecule has 0 fully saturated rings. The van der Waals surface area contributed by atoms with Crippen molar-refractivity contribution in [3.05, 3.63) is 42.0 Å². The number of hydrogen-bond donors (Lipinski definition) is 1. The van der Waals surface area contributed by atoms with Crippen molar-refractivity contribution in [2.45, 2.75) is 26.6 Å². The van der Waals surface area contributed by atoms with E-state index in [-0.39, 0.29) is 19.0 Å². The van der Waals surface area contributed by atoms with Crippen LogP contribution in [-0.2, 0) is 6.54 Å². The number of rotatable bonds is 6. The monoisotopic (exact) mass is 368 g/mol. The summed E-state index contributed by atoms with van der Waals surface area (Å²) in [6.45, 7) is 2.49. The number of halogens is 3. The predicted molar refractivity (Wildman–Crippen MR) is 95.2 cm³/mol. The Morgan fingerprint density at radius 2 is 1.81 bits per heavy atom. The molecule has 2 aromatic carbocycles. The summed E-state index contributed by atoms with van der Waals surface area (Å²) in [5.41, 5.74) is 0.813. The number of nitrogens with zero attached hydrogens (tertiary/aromatic N) is 1. The molecular weight excluding hydrogens is 345 g/mol. The molecule has 4 nitrogen and oxygen atoms in total. The Hall–Kier alpha value is -2.44. The van der Waals surface area contributed by atoms with Crippen molar-refractivity contribution in [1.29, 1.82) is 0 Å². The summed E-state index contributed by atoms with van der Waals surface area (Å²) in [6, 6.07) is 10.5. The number of amides is 2. The average Bonchev–Trinajstić information content (AvgIpc) is 2.56. The van der Waals surface area contributed by atoms with Crippen LogP contribution in [0.5, 0.6) is 5.75 Å². The molecule has 2 rings (SSSR count). The number of carbonyl (C=O) groups is 1. The molecule has 0 aliphatic heterocycles. The number of hydrogen-bond acceptors (Lipinski definition) is 2. The lowest BCUT2D eigenvalue weighted by Gasteiger charge is -2.26. The maximum Gasteiger partial charge on any atom is 0.406 e. The fourth-order valence-corrected chi connectivity index (χ4v) is 2.68. The van der Waals surface area contributed by atoms with Gasteiger partial charge in [0.15, 0.2) is 0 Å². The summed E-state index contributed by atoms with van der Waals surface area (Å²) in [5, 5.41) is 4.53. The quantitative estimate of drug-likeness (QED) is 0.811. The zero-order valence-electron chi connectivity index (χ0n) is 15.1. The molecule has 142 valence electrons. The van der Waals surface area contributed by atoms with Crippen LogP contribution in [-0.4, -0.2) is 37.3 Å². The molecule has 26 heavy (non-hydrogen) atoms. The van der Waals surface area contributed by atoms with Gasteiger partial charge in [0.25, 0.3) is 0 Å². The van der Waals surface area contributed by atoms with Crippen molar-refractivity contribution in [1.82, 2.24) is 10.2 Å². The normalized spacial score (nSPS) is 11.7. The van der Waals surface area contributed by atoms with Crippen molar-refractivity contribution < 1.29 is 22.7 Å². The van der Waals surface area contributed by atoms with Crippen LogP contribution in [0.1, 0.15) is 19.4 Å². The molecule has 0 saturated carbocycles. The molecule has 0 saturated heterocycles. The van der Waals surface area contributed by atoms with Gasteiger partial charge in [-0.2, -0.15) is 13.2 Å². The maximum atomic E-state index is 12.7. The standard InChI is InChI=1S/C19H23F3N2O2/c1-13(2)11-24(12-19(20,21)22)18(25)23-10-14-4-5-16-9-17(26-3)7-6-15(16)8-14/h4-9,13H,10-12H2,1-3H3,(H,23,25). The van der Waals surface area contributed by atoms with Gasteiger partial charge in [0, 0.05) is 13.1 Å². The number of methoxy groups -OCH3 is 1. The molecule has 1 N–H and O–H groups in total. The Morgan fingerprint density at radius 3 is 2.42 bits per heavy atom. The summed E-state index contributed by atoms with van der Waals surface area (Å²) in [7, 11) is 1.59. The van der Waals surface area contributed by atoms with E-state index >= 15 is 0 Å². The topological polar surface area (TPSA) is 41.6 Å². The second-order valence-electron chi connectivity index (χ2n) is 6.60. The first-order chi connectivity index (χ1) is 12.2. The fraction of sp³-hybridized carbons (Fsp3) is 0.421. The lowest BCUT2D eigenvalue weighted by molar-refractivity contribution is -0.140. The van der Waals surface area contributed by atoms with Crippen LogP contribution in [0.2, 0.25) is 0 Å². The molecule has 0 aromatic heterocycles. The van der Waals surface area contributed by atoms with Gasteiger partial charge in [-0.15, -0.1) is 0 Å². The summed E-state index contributed by atoms with van der Waals surface area (Å²) < 4.78 is 43.2. The fourth-order valence-electron chi connectivity index (χ4n) is 2.68. The Labute approximate surface area is 150 Å². The number of benzene rings is 2.